The number of imide groups is 1. The second-order valence-corrected chi connectivity index (χ2v) is 6.91. The number of ether oxygens (including phenoxy) is 1. The zero-order valence-electron chi connectivity index (χ0n) is 15.2. The van der Waals surface area contributed by atoms with Gasteiger partial charge in [0.25, 0.3) is 5.91 Å². The number of amides is 3. The number of aryl methyl sites for hydroxylation is 1. The number of esters is 1. The van der Waals surface area contributed by atoms with Crippen LogP contribution >= 0.6 is 0 Å². The van der Waals surface area contributed by atoms with Crippen LogP contribution in [-0.4, -0.2) is 47.0 Å². The first-order chi connectivity index (χ1) is 13.1. The standard InChI is InChI=1S/C20H21N3O4/c1-12(18(24)23-11-10-21-20(23)26)27-19(25)17-13-6-2-4-8-15(13)22-16-9-5-3-7-14(16)17/h2,4,6,8,12H,3,5,7,9-11H2,1H3,(H,21,26). The molecule has 0 saturated carbocycles. The van der Waals surface area contributed by atoms with Gasteiger partial charge in [-0.3, -0.25) is 14.7 Å². The topological polar surface area (TPSA) is 88.6 Å². The lowest BCUT2D eigenvalue weighted by atomic mass is 9.90. The number of rotatable bonds is 3. The predicted molar refractivity (Wildman–Crippen MR) is 98.4 cm³/mol. The number of para-hydroxylation sites is 1. The molecule has 0 radical (unpaired) electrons. The Morgan fingerprint density at radius 3 is 2.78 bits per heavy atom. The Hall–Kier alpha value is -2.96. The fourth-order valence-electron chi connectivity index (χ4n) is 3.78. The second-order valence-electron chi connectivity index (χ2n) is 6.91. The Morgan fingerprint density at radius 1 is 1.22 bits per heavy atom. The van der Waals surface area contributed by atoms with E-state index in [0.29, 0.717) is 12.1 Å². The number of fused-ring (bicyclic) bond motifs is 2. The normalized spacial score (nSPS) is 17.4. The number of hydrogen-bond donors (Lipinski definition) is 1. The molecule has 2 aromatic rings. The number of nitrogens with one attached hydrogen (secondary N) is 1. The molecule has 0 spiro atoms. The fourth-order valence-corrected chi connectivity index (χ4v) is 3.78. The summed E-state index contributed by atoms with van der Waals surface area (Å²) in [6, 6.07) is 7.03. The third kappa shape index (κ3) is 3.13. The highest BCUT2D eigenvalue weighted by atomic mass is 16.5. The van der Waals surface area contributed by atoms with Gasteiger partial charge in [0.15, 0.2) is 6.10 Å². The summed E-state index contributed by atoms with van der Waals surface area (Å²) in [6.07, 6.45) is 2.62. The van der Waals surface area contributed by atoms with Crippen molar-refractivity contribution in [2.75, 3.05) is 13.1 Å². The first-order valence-corrected chi connectivity index (χ1v) is 9.27. The highest BCUT2D eigenvalue weighted by molar-refractivity contribution is 6.06. The molecule has 4 rings (SSSR count). The summed E-state index contributed by atoms with van der Waals surface area (Å²) in [7, 11) is 0. The van der Waals surface area contributed by atoms with Crippen LogP contribution < -0.4 is 5.32 Å². The minimum absolute atomic E-state index is 0.285. The molecule has 0 bridgehead atoms. The summed E-state index contributed by atoms with van der Waals surface area (Å²) < 4.78 is 5.50. The van der Waals surface area contributed by atoms with Crippen molar-refractivity contribution in [3.8, 4) is 0 Å². The SMILES string of the molecule is CC(OC(=O)c1c2c(nc3ccccc13)CCCC2)C(=O)N1CCNC1=O. The highest BCUT2D eigenvalue weighted by Crippen LogP contribution is 2.30. The van der Waals surface area contributed by atoms with E-state index < -0.39 is 24.0 Å². The second kappa shape index (κ2) is 6.98. The van der Waals surface area contributed by atoms with E-state index in [0.717, 1.165) is 52.7 Å². The molecule has 1 aromatic heterocycles. The molecule has 2 aliphatic rings. The van der Waals surface area contributed by atoms with Gasteiger partial charge in [0.2, 0.25) is 0 Å². The molecule has 7 nitrogen and oxygen atoms in total. The Kier molecular flexibility index (Phi) is 4.51. The third-order valence-corrected chi connectivity index (χ3v) is 5.13. The largest absolute Gasteiger partial charge is 0.449 e. The van der Waals surface area contributed by atoms with E-state index in [1.54, 1.807) is 0 Å². The number of carbonyl (C=O) groups is 3. The van der Waals surface area contributed by atoms with Gasteiger partial charge in [-0.15, -0.1) is 0 Å². The number of aromatic nitrogens is 1. The number of hydrogen-bond acceptors (Lipinski definition) is 5. The van der Waals surface area contributed by atoms with Crippen LogP contribution in [0.4, 0.5) is 4.79 Å². The van der Waals surface area contributed by atoms with Crippen molar-refractivity contribution in [3.05, 3.63) is 41.1 Å². The number of benzene rings is 1. The van der Waals surface area contributed by atoms with Crippen LogP contribution in [0.15, 0.2) is 24.3 Å². The number of pyridine rings is 1. The van der Waals surface area contributed by atoms with Crippen LogP contribution in [0.3, 0.4) is 0 Å². The smallest absolute Gasteiger partial charge is 0.339 e. The van der Waals surface area contributed by atoms with Gasteiger partial charge in [0, 0.05) is 24.2 Å². The summed E-state index contributed by atoms with van der Waals surface area (Å²) in [5, 5.41) is 3.31. The number of nitrogens with zero attached hydrogens (tertiary/aromatic N) is 2. The van der Waals surface area contributed by atoms with Crippen molar-refractivity contribution in [2.24, 2.45) is 0 Å². The fraction of sp³-hybridized carbons (Fsp3) is 0.400. The zero-order chi connectivity index (χ0) is 19.0. The van der Waals surface area contributed by atoms with E-state index in [-0.39, 0.29) is 6.54 Å². The Labute approximate surface area is 156 Å². The maximum Gasteiger partial charge on any atom is 0.339 e. The van der Waals surface area contributed by atoms with E-state index in [1.807, 2.05) is 24.3 Å². The van der Waals surface area contributed by atoms with E-state index in [9.17, 15) is 14.4 Å². The van der Waals surface area contributed by atoms with Gasteiger partial charge in [-0.05, 0) is 44.2 Å². The Balaban J connectivity index is 1.66. The van der Waals surface area contributed by atoms with E-state index in [2.05, 4.69) is 5.32 Å². The highest BCUT2D eigenvalue weighted by Gasteiger charge is 2.33. The van der Waals surface area contributed by atoms with Crippen molar-refractivity contribution in [2.45, 2.75) is 38.7 Å². The molecule has 1 atom stereocenters. The lowest BCUT2D eigenvalue weighted by Gasteiger charge is -2.22. The average Bonchev–Trinajstić information content (AvgIpc) is 3.11. The minimum Gasteiger partial charge on any atom is -0.449 e. The molecular weight excluding hydrogens is 346 g/mol. The predicted octanol–water partition coefficient (Wildman–Crippen LogP) is 2.21. The lowest BCUT2D eigenvalue weighted by molar-refractivity contribution is -0.136. The van der Waals surface area contributed by atoms with Crippen molar-refractivity contribution >= 4 is 28.8 Å². The quantitative estimate of drug-likeness (QED) is 0.841. The van der Waals surface area contributed by atoms with E-state index >= 15 is 0 Å². The lowest BCUT2D eigenvalue weighted by Crippen LogP contribution is -2.42. The summed E-state index contributed by atoms with van der Waals surface area (Å²) in [5.41, 5.74) is 3.11. The van der Waals surface area contributed by atoms with Crippen LogP contribution in [0.1, 0.15) is 41.4 Å². The average molecular weight is 367 g/mol. The van der Waals surface area contributed by atoms with Gasteiger partial charge in [-0.2, -0.15) is 0 Å². The molecule has 1 aromatic carbocycles. The first-order valence-electron chi connectivity index (χ1n) is 9.27. The molecule has 140 valence electrons. The summed E-state index contributed by atoms with van der Waals surface area (Å²) in [4.78, 5) is 43.0. The van der Waals surface area contributed by atoms with Gasteiger partial charge in [0.05, 0.1) is 11.1 Å². The van der Waals surface area contributed by atoms with Crippen molar-refractivity contribution in [1.29, 1.82) is 0 Å². The van der Waals surface area contributed by atoms with Crippen molar-refractivity contribution in [3.63, 3.8) is 0 Å². The molecule has 1 N–H and O–H groups in total. The molecule has 1 aliphatic heterocycles. The van der Waals surface area contributed by atoms with Gasteiger partial charge in [-0.25, -0.2) is 9.59 Å². The van der Waals surface area contributed by atoms with E-state index in [1.165, 1.54) is 6.92 Å². The molecular formula is C20H21N3O4. The maximum absolute atomic E-state index is 13.0. The molecule has 3 amide bonds. The monoisotopic (exact) mass is 367 g/mol. The molecule has 1 aliphatic carbocycles. The maximum atomic E-state index is 13.0. The van der Waals surface area contributed by atoms with Gasteiger partial charge < -0.3 is 10.1 Å². The summed E-state index contributed by atoms with van der Waals surface area (Å²) in [5.74, 6) is -1.04. The molecule has 1 saturated heterocycles. The van der Waals surface area contributed by atoms with E-state index in [4.69, 9.17) is 9.72 Å². The van der Waals surface area contributed by atoms with Crippen LogP contribution in [0.2, 0.25) is 0 Å². The van der Waals surface area contributed by atoms with Gasteiger partial charge in [0.1, 0.15) is 0 Å². The summed E-state index contributed by atoms with van der Waals surface area (Å²) >= 11 is 0. The molecule has 1 fully saturated rings. The minimum atomic E-state index is -1.03. The zero-order valence-corrected chi connectivity index (χ0v) is 15.2. The Morgan fingerprint density at radius 2 is 2.00 bits per heavy atom. The molecule has 7 heteroatoms. The first kappa shape index (κ1) is 17.5. The van der Waals surface area contributed by atoms with Crippen LogP contribution in [-0.2, 0) is 22.4 Å². The van der Waals surface area contributed by atoms with Crippen LogP contribution in [0, 0.1) is 0 Å². The number of urea groups is 1. The molecule has 2 heterocycles. The van der Waals surface area contributed by atoms with Crippen LogP contribution in [0.25, 0.3) is 10.9 Å². The number of carbonyl (C=O) groups excluding carboxylic acids is 3. The van der Waals surface area contributed by atoms with Crippen molar-refractivity contribution in [1.82, 2.24) is 15.2 Å². The molecule has 27 heavy (non-hydrogen) atoms. The van der Waals surface area contributed by atoms with Gasteiger partial charge >= 0.3 is 12.0 Å². The third-order valence-electron chi connectivity index (χ3n) is 5.13. The van der Waals surface area contributed by atoms with Crippen LogP contribution in [0.5, 0.6) is 0 Å². The molecule has 1 unspecified atom stereocenters. The Bertz CT molecular complexity index is 940. The summed E-state index contributed by atoms with van der Waals surface area (Å²) in [6.45, 7) is 2.20. The van der Waals surface area contributed by atoms with Crippen molar-refractivity contribution < 1.29 is 19.1 Å². The van der Waals surface area contributed by atoms with Gasteiger partial charge in [-0.1, -0.05) is 18.2 Å².